The van der Waals surface area contributed by atoms with Crippen LogP contribution in [-0.2, 0) is 14.3 Å². The van der Waals surface area contributed by atoms with Gasteiger partial charge in [0.2, 0.25) is 5.91 Å². The number of carbonyl (C=O) groups excluding carboxylic acids is 2. The number of hydrogen-bond donors (Lipinski definition) is 1. The molecule has 0 atom stereocenters. The highest BCUT2D eigenvalue weighted by Gasteiger charge is 2.00. The summed E-state index contributed by atoms with van der Waals surface area (Å²) in [6.45, 7) is 13.5. The van der Waals surface area contributed by atoms with Crippen LogP contribution in [0.3, 0.4) is 0 Å². The maximum Gasteiger partial charge on any atom is 0.325 e. The summed E-state index contributed by atoms with van der Waals surface area (Å²) in [5.41, 5.74) is 0. The number of ether oxygens (including phenoxy) is 1. The summed E-state index contributed by atoms with van der Waals surface area (Å²) in [4.78, 5) is 20.7. The summed E-state index contributed by atoms with van der Waals surface area (Å²) in [7, 11) is 0. The number of thioether (sulfide) groups is 1. The van der Waals surface area contributed by atoms with Gasteiger partial charge in [-0.3, -0.25) is 9.59 Å². The van der Waals surface area contributed by atoms with Crippen molar-refractivity contribution in [2.24, 2.45) is 0 Å². The zero-order valence-electron chi connectivity index (χ0n) is 13.3. The largest absolute Gasteiger partial charge is 0.465 e. The molecule has 1 amide bonds. The quantitative estimate of drug-likeness (QED) is 0.804. The van der Waals surface area contributed by atoms with E-state index in [4.69, 9.17) is 0 Å². The van der Waals surface area contributed by atoms with Crippen LogP contribution in [-0.4, -0.2) is 37.0 Å². The molecule has 0 heterocycles. The van der Waals surface area contributed by atoms with Gasteiger partial charge in [0.15, 0.2) is 0 Å². The van der Waals surface area contributed by atoms with Crippen LogP contribution in [0.1, 0.15) is 48.5 Å². The van der Waals surface area contributed by atoms with E-state index in [0.29, 0.717) is 6.61 Å². The fourth-order valence-electron chi connectivity index (χ4n) is 0.409. The van der Waals surface area contributed by atoms with Crippen molar-refractivity contribution in [3.05, 3.63) is 0 Å². The van der Waals surface area contributed by atoms with Gasteiger partial charge in [-0.1, -0.05) is 34.6 Å². The Morgan fingerprint density at radius 2 is 1.50 bits per heavy atom. The van der Waals surface area contributed by atoms with E-state index in [1.807, 2.05) is 39.5 Å². The molecule has 18 heavy (non-hydrogen) atoms. The molecule has 0 radical (unpaired) electrons. The van der Waals surface area contributed by atoms with E-state index in [1.54, 1.807) is 6.92 Å². The van der Waals surface area contributed by atoms with Crippen molar-refractivity contribution in [1.82, 2.24) is 5.32 Å². The lowest BCUT2D eigenvalue weighted by molar-refractivity contribution is -0.143. The molecule has 4 nitrogen and oxygen atoms in total. The van der Waals surface area contributed by atoms with Crippen molar-refractivity contribution in [3.8, 4) is 0 Å². The van der Waals surface area contributed by atoms with Crippen LogP contribution in [0.25, 0.3) is 0 Å². The third-order valence-corrected chi connectivity index (χ3v) is 1.65. The highest BCUT2D eigenvalue weighted by molar-refractivity contribution is 7.98. The predicted molar refractivity (Wildman–Crippen MR) is 82.1 cm³/mol. The smallest absolute Gasteiger partial charge is 0.325 e. The van der Waals surface area contributed by atoms with E-state index >= 15 is 0 Å². The van der Waals surface area contributed by atoms with Gasteiger partial charge in [-0.2, -0.15) is 11.8 Å². The molecule has 0 unspecified atom stereocenters. The minimum atomic E-state index is -0.405. The van der Waals surface area contributed by atoms with E-state index in [9.17, 15) is 9.59 Å². The number of rotatable bonds is 4. The van der Waals surface area contributed by atoms with Crippen molar-refractivity contribution >= 4 is 23.6 Å². The molecule has 5 heteroatoms. The summed E-state index contributed by atoms with van der Waals surface area (Å²) in [5, 5.41) is 2.32. The molecule has 1 N–H and O–H groups in total. The van der Waals surface area contributed by atoms with Crippen LogP contribution < -0.4 is 5.32 Å². The van der Waals surface area contributed by atoms with Crippen LogP contribution in [0.4, 0.5) is 0 Å². The van der Waals surface area contributed by atoms with Gasteiger partial charge in [-0.25, -0.2) is 0 Å². The van der Waals surface area contributed by atoms with E-state index in [2.05, 4.69) is 23.2 Å². The maximum atomic E-state index is 10.5. The summed E-state index contributed by atoms with van der Waals surface area (Å²) in [5.74, 6) is 0.603. The second kappa shape index (κ2) is 29.9. The lowest BCUT2D eigenvalue weighted by Gasteiger charge is -2.00. The Bertz CT molecular complexity index is 162. The van der Waals surface area contributed by atoms with Crippen molar-refractivity contribution in [3.63, 3.8) is 0 Å². The second-order valence-electron chi connectivity index (χ2n) is 2.29. The Labute approximate surface area is 117 Å². The first kappa shape index (κ1) is 26.0. The Morgan fingerprint density at radius 3 is 1.72 bits per heavy atom. The fraction of sp³-hybridized carbons (Fsp3) is 0.846. The first-order valence-electron chi connectivity index (χ1n) is 6.47. The summed E-state index contributed by atoms with van der Waals surface area (Å²) in [6, 6.07) is 0. The standard InChI is InChI=1S/C6H11NO3.C3H8S.2C2H6/c1-3-10-6(9)4-7-5(2)8;1-3-4-2;2*1-2/h3-4H2,1-2H3,(H,7,8);3H2,1-2H3;2*1-2H3. The average molecular weight is 281 g/mol. The van der Waals surface area contributed by atoms with Crippen LogP contribution in [0.5, 0.6) is 0 Å². The number of hydrogen-bond acceptors (Lipinski definition) is 4. The number of esters is 1. The van der Waals surface area contributed by atoms with Crippen LogP contribution in [0, 0.1) is 0 Å². The van der Waals surface area contributed by atoms with Gasteiger partial charge in [-0.05, 0) is 18.9 Å². The lowest BCUT2D eigenvalue weighted by atomic mass is 10.6. The molecule has 0 aromatic carbocycles. The molecule has 0 aliphatic heterocycles. The number of carbonyl (C=O) groups is 2. The van der Waals surface area contributed by atoms with Crippen LogP contribution in [0.15, 0.2) is 0 Å². The Kier molecular flexibility index (Phi) is 43.1. The normalized spacial score (nSPS) is 7.11. The van der Waals surface area contributed by atoms with Crippen molar-refractivity contribution < 1.29 is 14.3 Å². The summed E-state index contributed by atoms with van der Waals surface area (Å²) >= 11 is 1.86. The molecule has 0 bridgehead atoms. The van der Waals surface area contributed by atoms with Gasteiger partial charge >= 0.3 is 5.97 Å². The fourth-order valence-corrected chi connectivity index (χ4v) is 0.409. The van der Waals surface area contributed by atoms with Gasteiger partial charge < -0.3 is 10.1 Å². The first-order valence-corrected chi connectivity index (χ1v) is 7.86. The minimum absolute atomic E-state index is 0.0385. The Hall–Kier alpha value is -0.710. The van der Waals surface area contributed by atoms with E-state index < -0.39 is 5.97 Å². The van der Waals surface area contributed by atoms with Gasteiger partial charge in [0.25, 0.3) is 0 Å². The van der Waals surface area contributed by atoms with Crippen molar-refractivity contribution in [2.45, 2.75) is 48.5 Å². The van der Waals surface area contributed by atoms with Gasteiger partial charge in [0, 0.05) is 6.92 Å². The predicted octanol–water partition coefficient (Wildman–Crippen LogP) is 3.11. The molecule has 0 aromatic heterocycles. The Morgan fingerprint density at radius 1 is 1.11 bits per heavy atom. The molecule has 0 aromatic rings. The molecule has 0 spiro atoms. The van der Waals surface area contributed by atoms with E-state index in [0.717, 1.165) is 0 Å². The monoisotopic (exact) mass is 281 g/mol. The molecule has 112 valence electrons. The molecule has 0 aliphatic carbocycles. The van der Waals surface area contributed by atoms with E-state index in [1.165, 1.54) is 12.7 Å². The third-order valence-electron chi connectivity index (χ3n) is 1.08. The zero-order chi connectivity index (χ0) is 15.4. The van der Waals surface area contributed by atoms with Crippen molar-refractivity contribution in [2.75, 3.05) is 25.2 Å². The number of nitrogens with one attached hydrogen (secondary N) is 1. The number of amides is 1. The molecular weight excluding hydrogens is 250 g/mol. The zero-order valence-corrected chi connectivity index (χ0v) is 14.1. The third kappa shape index (κ3) is 45.4. The van der Waals surface area contributed by atoms with Crippen LogP contribution >= 0.6 is 11.8 Å². The van der Waals surface area contributed by atoms with Gasteiger partial charge in [-0.15, -0.1) is 0 Å². The van der Waals surface area contributed by atoms with E-state index in [-0.39, 0.29) is 12.5 Å². The van der Waals surface area contributed by atoms with Gasteiger partial charge in [0.1, 0.15) is 6.54 Å². The van der Waals surface area contributed by atoms with Crippen molar-refractivity contribution in [1.29, 1.82) is 0 Å². The maximum absolute atomic E-state index is 10.5. The molecule has 0 aliphatic rings. The molecule has 0 saturated heterocycles. The summed E-state index contributed by atoms with van der Waals surface area (Å²) in [6.07, 6.45) is 2.10. The highest BCUT2D eigenvalue weighted by atomic mass is 32.2. The summed E-state index contributed by atoms with van der Waals surface area (Å²) < 4.78 is 4.54. The topological polar surface area (TPSA) is 55.4 Å². The van der Waals surface area contributed by atoms with Gasteiger partial charge in [0.05, 0.1) is 6.61 Å². The molecule has 0 saturated carbocycles. The molecule has 0 rings (SSSR count). The van der Waals surface area contributed by atoms with Crippen LogP contribution in [0.2, 0.25) is 0 Å². The second-order valence-corrected chi connectivity index (χ2v) is 3.45. The molecule has 0 fully saturated rings. The SMILES string of the molecule is CC.CC.CCOC(=O)CNC(C)=O.CCSC. The lowest BCUT2D eigenvalue weighted by Crippen LogP contribution is -2.28. The molecular formula is C13H31NO3S. The Balaban J connectivity index is -0.000000102. The average Bonchev–Trinajstić information content (AvgIpc) is 2.41. The highest BCUT2D eigenvalue weighted by Crippen LogP contribution is 1.83. The first-order chi connectivity index (χ1) is 8.58. The minimum Gasteiger partial charge on any atom is -0.465 e.